The second kappa shape index (κ2) is 5.94. The molecule has 24 heavy (non-hydrogen) atoms. The monoisotopic (exact) mass is 330 g/mol. The zero-order valence-electron chi connectivity index (χ0n) is 14.2. The zero-order chi connectivity index (χ0) is 16.7. The quantitative estimate of drug-likeness (QED) is 0.872. The highest BCUT2D eigenvalue weighted by atomic mass is 16.3. The Morgan fingerprint density at radius 1 is 1.21 bits per heavy atom. The fourth-order valence-corrected chi connectivity index (χ4v) is 5.64. The lowest BCUT2D eigenvalue weighted by Crippen LogP contribution is -2.54. The number of furan rings is 1. The molecule has 4 aliphatic rings. The molecule has 5 heteroatoms. The lowest BCUT2D eigenvalue weighted by molar-refractivity contribution is -0.147. The van der Waals surface area contributed by atoms with E-state index in [0.717, 1.165) is 42.8 Å². The molecule has 0 radical (unpaired) electrons. The predicted molar refractivity (Wildman–Crippen MR) is 88.9 cm³/mol. The summed E-state index contributed by atoms with van der Waals surface area (Å²) in [5, 5.41) is 5.77. The van der Waals surface area contributed by atoms with E-state index in [2.05, 4.69) is 10.6 Å². The number of carbonyl (C=O) groups excluding carboxylic acids is 2. The van der Waals surface area contributed by atoms with Crippen molar-refractivity contribution >= 4 is 11.8 Å². The Morgan fingerprint density at radius 2 is 1.83 bits per heavy atom. The van der Waals surface area contributed by atoms with Gasteiger partial charge in [0.15, 0.2) is 0 Å². The van der Waals surface area contributed by atoms with Crippen LogP contribution < -0.4 is 10.6 Å². The van der Waals surface area contributed by atoms with Crippen molar-refractivity contribution in [2.45, 2.75) is 51.5 Å². The van der Waals surface area contributed by atoms with Crippen molar-refractivity contribution in [3.63, 3.8) is 0 Å². The fourth-order valence-electron chi connectivity index (χ4n) is 5.64. The molecule has 1 heterocycles. The molecule has 0 aromatic carbocycles. The molecular weight excluding hydrogens is 304 g/mol. The van der Waals surface area contributed by atoms with E-state index < -0.39 is 0 Å². The van der Waals surface area contributed by atoms with Crippen LogP contribution in [0, 0.1) is 23.2 Å². The maximum atomic E-state index is 12.8. The first-order chi connectivity index (χ1) is 11.5. The van der Waals surface area contributed by atoms with Crippen LogP contribution in [-0.2, 0) is 9.59 Å². The van der Waals surface area contributed by atoms with Crippen LogP contribution in [0.15, 0.2) is 22.8 Å². The highest BCUT2D eigenvalue weighted by molar-refractivity contribution is 5.88. The van der Waals surface area contributed by atoms with Crippen LogP contribution in [0.5, 0.6) is 0 Å². The molecule has 130 valence electrons. The van der Waals surface area contributed by atoms with E-state index in [9.17, 15) is 9.59 Å². The first-order valence-electron chi connectivity index (χ1n) is 9.15. The van der Waals surface area contributed by atoms with Gasteiger partial charge in [0.1, 0.15) is 5.76 Å². The number of hydrogen-bond acceptors (Lipinski definition) is 3. The SMILES string of the molecule is CC(NC(=O)CNC(=O)C12CC3CC(CC(C3)C1)C2)c1ccco1. The molecule has 2 amide bonds. The molecule has 0 aliphatic heterocycles. The van der Waals surface area contributed by atoms with Crippen molar-refractivity contribution in [1.82, 2.24) is 10.6 Å². The Kier molecular flexibility index (Phi) is 3.89. The van der Waals surface area contributed by atoms with Gasteiger partial charge < -0.3 is 15.1 Å². The van der Waals surface area contributed by atoms with Crippen LogP contribution in [0.1, 0.15) is 57.3 Å². The second-order valence-corrected chi connectivity index (χ2v) is 8.19. The van der Waals surface area contributed by atoms with Gasteiger partial charge in [0.05, 0.1) is 18.8 Å². The molecule has 1 aromatic heterocycles. The summed E-state index contributed by atoms with van der Waals surface area (Å²) in [6.45, 7) is 1.92. The Balaban J connectivity index is 1.31. The third kappa shape index (κ3) is 2.85. The van der Waals surface area contributed by atoms with Crippen LogP contribution >= 0.6 is 0 Å². The summed E-state index contributed by atoms with van der Waals surface area (Å²) in [6.07, 6.45) is 8.60. The molecule has 1 aromatic rings. The minimum absolute atomic E-state index is 0.0473. The Labute approximate surface area is 142 Å². The summed E-state index contributed by atoms with van der Waals surface area (Å²) in [4.78, 5) is 24.9. The summed E-state index contributed by atoms with van der Waals surface area (Å²) >= 11 is 0. The minimum Gasteiger partial charge on any atom is -0.467 e. The van der Waals surface area contributed by atoms with Crippen molar-refractivity contribution < 1.29 is 14.0 Å². The van der Waals surface area contributed by atoms with Crippen LogP contribution in [0.3, 0.4) is 0 Å². The fraction of sp³-hybridized carbons (Fsp3) is 0.684. The summed E-state index contributed by atoms with van der Waals surface area (Å²) < 4.78 is 5.28. The van der Waals surface area contributed by atoms with Crippen molar-refractivity contribution in [1.29, 1.82) is 0 Å². The highest BCUT2D eigenvalue weighted by Crippen LogP contribution is 2.60. The van der Waals surface area contributed by atoms with E-state index in [4.69, 9.17) is 4.42 Å². The van der Waals surface area contributed by atoms with Crippen LogP contribution in [0.25, 0.3) is 0 Å². The second-order valence-electron chi connectivity index (χ2n) is 8.19. The summed E-state index contributed by atoms with van der Waals surface area (Å²) in [6, 6.07) is 3.44. The first-order valence-corrected chi connectivity index (χ1v) is 9.15. The van der Waals surface area contributed by atoms with Gasteiger partial charge >= 0.3 is 0 Å². The average molecular weight is 330 g/mol. The number of rotatable bonds is 5. The summed E-state index contributed by atoms with van der Waals surface area (Å²) in [7, 11) is 0. The maximum absolute atomic E-state index is 12.8. The Hall–Kier alpha value is -1.78. The van der Waals surface area contributed by atoms with Gasteiger partial charge in [-0.05, 0) is 75.3 Å². The molecular formula is C19H26N2O3. The van der Waals surface area contributed by atoms with Crippen molar-refractivity contribution in [3.8, 4) is 0 Å². The molecule has 4 aliphatic carbocycles. The normalized spacial score (nSPS) is 34.8. The largest absolute Gasteiger partial charge is 0.467 e. The zero-order valence-corrected chi connectivity index (χ0v) is 14.2. The van der Waals surface area contributed by atoms with Gasteiger partial charge in [-0.15, -0.1) is 0 Å². The predicted octanol–water partition coefficient (Wildman–Crippen LogP) is 2.79. The van der Waals surface area contributed by atoms with Crippen LogP contribution in [0.4, 0.5) is 0 Å². The van der Waals surface area contributed by atoms with Crippen LogP contribution in [-0.4, -0.2) is 18.4 Å². The van der Waals surface area contributed by atoms with E-state index in [0.29, 0.717) is 0 Å². The third-order valence-corrected chi connectivity index (χ3v) is 6.28. The molecule has 4 bridgehead atoms. The molecule has 1 atom stereocenters. The molecule has 1 unspecified atom stereocenters. The van der Waals surface area contributed by atoms with Gasteiger partial charge in [0, 0.05) is 5.41 Å². The van der Waals surface area contributed by atoms with Gasteiger partial charge in [-0.2, -0.15) is 0 Å². The smallest absolute Gasteiger partial charge is 0.239 e. The lowest BCUT2D eigenvalue weighted by Gasteiger charge is -2.55. The van der Waals surface area contributed by atoms with E-state index in [1.807, 2.05) is 13.0 Å². The topological polar surface area (TPSA) is 71.3 Å². The van der Waals surface area contributed by atoms with Crippen molar-refractivity contribution in [2.24, 2.45) is 23.2 Å². The molecule has 0 saturated heterocycles. The Bertz CT molecular complexity index is 587. The number of carbonyl (C=O) groups is 2. The number of hydrogen-bond donors (Lipinski definition) is 2. The lowest BCUT2D eigenvalue weighted by atomic mass is 9.49. The van der Waals surface area contributed by atoms with Crippen LogP contribution in [0.2, 0.25) is 0 Å². The van der Waals surface area contributed by atoms with E-state index in [1.54, 1.807) is 12.3 Å². The van der Waals surface area contributed by atoms with E-state index in [1.165, 1.54) is 19.3 Å². The standard InChI is InChI=1S/C19H26N2O3/c1-12(16-3-2-4-24-16)21-17(22)11-20-18(23)19-8-13-5-14(9-19)7-15(6-13)10-19/h2-4,12-15H,5-11H2,1H3,(H,20,23)(H,21,22). The average Bonchev–Trinajstić information content (AvgIpc) is 3.05. The van der Waals surface area contributed by atoms with Gasteiger partial charge in [0.25, 0.3) is 0 Å². The number of amides is 2. The molecule has 4 saturated carbocycles. The van der Waals surface area contributed by atoms with Crippen molar-refractivity contribution in [2.75, 3.05) is 6.54 Å². The first kappa shape index (κ1) is 15.7. The van der Waals surface area contributed by atoms with Gasteiger partial charge in [-0.25, -0.2) is 0 Å². The van der Waals surface area contributed by atoms with E-state index >= 15 is 0 Å². The van der Waals surface area contributed by atoms with Gasteiger partial charge in [-0.1, -0.05) is 0 Å². The maximum Gasteiger partial charge on any atom is 0.239 e. The molecule has 5 nitrogen and oxygen atoms in total. The molecule has 5 rings (SSSR count). The van der Waals surface area contributed by atoms with E-state index in [-0.39, 0.29) is 29.8 Å². The highest BCUT2D eigenvalue weighted by Gasteiger charge is 2.54. The summed E-state index contributed by atoms with van der Waals surface area (Å²) in [5.74, 6) is 2.84. The van der Waals surface area contributed by atoms with Gasteiger partial charge in [0.2, 0.25) is 11.8 Å². The van der Waals surface area contributed by atoms with Gasteiger partial charge in [-0.3, -0.25) is 9.59 Å². The third-order valence-electron chi connectivity index (χ3n) is 6.28. The van der Waals surface area contributed by atoms with Crippen molar-refractivity contribution in [3.05, 3.63) is 24.2 Å². The molecule has 4 fully saturated rings. The minimum atomic E-state index is -0.193. The summed E-state index contributed by atoms with van der Waals surface area (Å²) in [5.41, 5.74) is -0.193. The number of nitrogens with one attached hydrogen (secondary N) is 2. The molecule has 0 spiro atoms. The molecule has 2 N–H and O–H groups in total. The Morgan fingerprint density at radius 3 is 2.38 bits per heavy atom.